The third-order valence-corrected chi connectivity index (χ3v) is 3.00. The van der Waals surface area contributed by atoms with Gasteiger partial charge in [0.1, 0.15) is 5.75 Å². The molecule has 0 aliphatic rings. The molecule has 2 aromatic rings. The maximum absolute atomic E-state index is 12.0. The Morgan fingerprint density at radius 1 is 1.21 bits per heavy atom. The number of benzene rings is 1. The van der Waals surface area contributed by atoms with Crippen molar-refractivity contribution in [1.82, 2.24) is 9.13 Å². The van der Waals surface area contributed by atoms with E-state index in [9.17, 15) is 9.59 Å². The second kappa shape index (κ2) is 5.14. The highest BCUT2D eigenvalue weighted by molar-refractivity contribution is 5.37. The molecule has 1 aromatic carbocycles. The lowest BCUT2D eigenvalue weighted by Gasteiger charge is -2.11. The Bertz CT molecular complexity index is 713. The number of nitrogens with zero attached hydrogens (tertiary/aromatic N) is 2. The molecule has 1 heterocycles. The molecule has 0 saturated carbocycles. The zero-order chi connectivity index (χ0) is 14.0. The molecule has 0 saturated heterocycles. The van der Waals surface area contributed by atoms with Crippen LogP contribution in [0.2, 0.25) is 0 Å². The van der Waals surface area contributed by atoms with Gasteiger partial charge in [-0.3, -0.25) is 9.36 Å². The van der Waals surface area contributed by atoms with E-state index in [1.165, 1.54) is 21.4 Å². The SMILES string of the molecule is COc1ccc(C)cc1Cn1c(=O)ccn(C)c1=O. The summed E-state index contributed by atoms with van der Waals surface area (Å²) < 4.78 is 7.83. The van der Waals surface area contributed by atoms with Gasteiger partial charge in [-0.15, -0.1) is 0 Å². The van der Waals surface area contributed by atoms with Crippen LogP contribution in [0.4, 0.5) is 0 Å². The summed E-state index contributed by atoms with van der Waals surface area (Å²) in [4.78, 5) is 23.8. The van der Waals surface area contributed by atoms with Crippen molar-refractivity contribution in [2.75, 3.05) is 7.11 Å². The van der Waals surface area contributed by atoms with Crippen molar-refractivity contribution in [3.05, 3.63) is 62.4 Å². The van der Waals surface area contributed by atoms with Crippen LogP contribution in [0, 0.1) is 6.92 Å². The molecule has 5 nitrogen and oxygen atoms in total. The lowest BCUT2D eigenvalue weighted by molar-refractivity contribution is 0.407. The fraction of sp³-hybridized carbons (Fsp3) is 0.286. The third kappa shape index (κ3) is 2.59. The van der Waals surface area contributed by atoms with Gasteiger partial charge in [-0.2, -0.15) is 0 Å². The molecule has 19 heavy (non-hydrogen) atoms. The Labute approximate surface area is 110 Å². The molecule has 0 aliphatic heterocycles. The van der Waals surface area contributed by atoms with Crippen LogP contribution in [0.5, 0.6) is 5.75 Å². The summed E-state index contributed by atoms with van der Waals surface area (Å²) in [5, 5.41) is 0. The van der Waals surface area contributed by atoms with E-state index in [2.05, 4.69) is 0 Å². The fourth-order valence-electron chi connectivity index (χ4n) is 1.96. The van der Waals surface area contributed by atoms with Gasteiger partial charge in [-0.1, -0.05) is 17.7 Å². The van der Waals surface area contributed by atoms with Crippen LogP contribution in [-0.2, 0) is 13.6 Å². The van der Waals surface area contributed by atoms with Crippen molar-refractivity contribution in [2.45, 2.75) is 13.5 Å². The number of aromatic nitrogens is 2. The molecule has 0 unspecified atom stereocenters. The number of hydrogen-bond acceptors (Lipinski definition) is 3. The molecule has 0 atom stereocenters. The van der Waals surface area contributed by atoms with E-state index >= 15 is 0 Å². The van der Waals surface area contributed by atoms with Crippen LogP contribution in [-0.4, -0.2) is 16.2 Å². The monoisotopic (exact) mass is 260 g/mol. The normalized spacial score (nSPS) is 10.5. The van der Waals surface area contributed by atoms with E-state index < -0.39 is 0 Å². The van der Waals surface area contributed by atoms with Crippen molar-refractivity contribution in [3.63, 3.8) is 0 Å². The zero-order valence-electron chi connectivity index (χ0n) is 11.2. The summed E-state index contributed by atoms with van der Waals surface area (Å²) >= 11 is 0. The van der Waals surface area contributed by atoms with Crippen LogP contribution < -0.4 is 16.0 Å². The number of ether oxygens (including phenoxy) is 1. The molecule has 0 amide bonds. The summed E-state index contributed by atoms with van der Waals surface area (Å²) in [5.41, 5.74) is 1.22. The van der Waals surface area contributed by atoms with Gasteiger partial charge < -0.3 is 9.30 Å². The van der Waals surface area contributed by atoms with Gasteiger partial charge in [-0.25, -0.2) is 4.79 Å². The zero-order valence-corrected chi connectivity index (χ0v) is 11.2. The molecule has 1 aromatic heterocycles. The maximum Gasteiger partial charge on any atom is 0.331 e. The van der Waals surface area contributed by atoms with Crippen LogP contribution in [0.15, 0.2) is 40.1 Å². The number of hydrogen-bond donors (Lipinski definition) is 0. The van der Waals surface area contributed by atoms with Crippen molar-refractivity contribution < 1.29 is 4.74 Å². The quantitative estimate of drug-likeness (QED) is 0.824. The first-order valence-corrected chi connectivity index (χ1v) is 5.93. The predicted molar refractivity (Wildman–Crippen MR) is 72.8 cm³/mol. The molecule has 0 fully saturated rings. The Hall–Kier alpha value is -2.30. The topological polar surface area (TPSA) is 53.2 Å². The lowest BCUT2D eigenvalue weighted by atomic mass is 10.1. The summed E-state index contributed by atoms with van der Waals surface area (Å²) in [6.45, 7) is 2.16. The predicted octanol–water partition coefficient (Wildman–Crippen LogP) is 0.912. The van der Waals surface area contributed by atoms with Crippen molar-refractivity contribution in [2.24, 2.45) is 7.05 Å². The summed E-state index contributed by atoms with van der Waals surface area (Å²) in [7, 11) is 3.19. The molecule has 5 heteroatoms. The van der Waals surface area contributed by atoms with Crippen LogP contribution >= 0.6 is 0 Å². The first-order chi connectivity index (χ1) is 9.02. The highest BCUT2D eigenvalue weighted by Gasteiger charge is 2.08. The van der Waals surface area contributed by atoms with Gasteiger partial charge in [0, 0.05) is 24.9 Å². The summed E-state index contributed by atoms with van der Waals surface area (Å²) in [5.74, 6) is 0.670. The van der Waals surface area contributed by atoms with Gasteiger partial charge in [0.2, 0.25) is 0 Å². The first kappa shape index (κ1) is 13.1. The minimum Gasteiger partial charge on any atom is -0.496 e. The van der Waals surface area contributed by atoms with E-state index in [4.69, 9.17) is 4.74 Å². The van der Waals surface area contributed by atoms with E-state index in [0.29, 0.717) is 5.75 Å². The lowest BCUT2D eigenvalue weighted by Crippen LogP contribution is -2.38. The Kier molecular flexibility index (Phi) is 3.55. The smallest absolute Gasteiger partial charge is 0.331 e. The minimum absolute atomic E-state index is 0.206. The van der Waals surface area contributed by atoms with E-state index in [-0.39, 0.29) is 17.8 Å². The van der Waals surface area contributed by atoms with Crippen molar-refractivity contribution in [3.8, 4) is 5.75 Å². The largest absolute Gasteiger partial charge is 0.496 e. The van der Waals surface area contributed by atoms with Gasteiger partial charge in [0.05, 0.1) is 13.7 Å². The maximum atomic E-state index is 12.0. The number of rotatable bonds is 3. The molecule has 0 aliphatic carbocycles. The average Bonchev–Trinajstić information content (AvgIpc) is 2.39. The fourth-order valence-corrected chi connectivity index (χ4v) is 1.96. The third-order valence-electron chi connectivity index (χ3n) is 3.00. The van der Waals surface area contributed by atoms with Crippen LogP contribution in [0.1, 0.15) is 11.1 Å². The van der Waals surface area contributed by atoms with Crippen molar-refractivity contribution >= 4 is 0 Å². The average molecular weight is 260 g/mol. The molecule has 2 rings (SSSR count). The Balaban J connectivity index is 2.53. The van der Waals surface area contributed by atoms with Crippen LogP contribution in [0.3, 0.4) is 0 Å². The molecular weight excluding hydrogens is 244 g/mol. The molecule has 0 bridgehead atoms. The molecule has 100 valence electrons. The minimum atomic E-state index is -0.337. The van der Waals surface area contributed by atoms with E-state index in [1.54, 1.807) is 14.2 Å². The summed E-state index contributed by atoms with van der Waals surface area (Å²) in [6, 6.07) is 7.05. The highest BCUT2D eigenvalue weighted by Crippen LogP contribution is 2.19. The van der Waals surface area contributed by atoms with Crippen molar-refractivity contribution in [1.29, 1.82) is 0 Å². The summed E-state index contributed by atoms with van der Waals surface area (Å²) in [6.07, 6.45) is 1.47. The van der Waals surface area contributed by atoms with E-state index in [1.807, 2.05) is 25.1 Å². The van der Waals surface area contributed by atoms with Gasteiger partial charge in [-0.05, 0) is 13.0 Å². The first-order valence-electron chi connectivity index (χ1n) is 5.93. The second-order valence-corrected chi connectivity index (χ2v) is 4.45. The Morgan fingerprint density at radius 2 is 1.95 bits per heavy atom. The number of aryl methyl sites for hydroxylation is 2. The molecule has 0 radical (unpaired) electrons. The van der Waals surface area contributed by atoms with Crippen LogP contribution in [0.25, 0.3) is 0 Å². The molecular formula is C14H16N2O3. The number of methoxy groups -OCH3 is 1. The van der Waals surface area contributed by atoms with Gasteiger partial charge >= 0.3 is 5.69 Å². The highest BCUT2D eigenvalue weighted by atomic mass is 16.5. The van der Waals surface area contributed by atoms with E-state index in [0.717, 1.165) is 11.1 Å². The Morgan fingerprint density at radius 3 is 2.63 bits per heavy atom. The molecule has 0 N–H and O–H groups in total. The van der Waals surface area contributed by atoms with Gasteiger partial charge in [0.25, 0.3) is 5.56 Å². The second-order valence-electron chi connectivity index (χ2n) is 4.45. The standard InChI is InChI=1S/C14H16N2O3/c1-10-4-5-12(19-3)11(8-10)9-16-13(17)6-7-15(2)14(16)18/h4-8H,9H2,1-3H3. The van der Waals surface area contributed by atoms with Gasteiger partial charge in [0.15, 0.2) is 0 Å². The molecule has 0 spiro atoms.